The summed E-state index contributed by atoms with van der Waals surface area (Å²) in [5.41, 5.74) is 0.241. The minimum absolute atomic E-state index is 0.000948. The predicted molar refractivity (Wildman–Crippen MR) is 101 cm³/mol. The van der Waals surface area contributed by atoms with Crippen LogP contribution in [0.1, 0.15) is 16.1 Å². The van der Waals surface area contributed by atoms with Crippen LogP contribution in [0.4, 0.5) is 5.69 Å². The van der Waals surface area contributed by atoms with E-state index in [1.54, 1.807) is 18.2 Å². The molecule has 0 atom stereocenters. The van der Waals surface area contributed by atoms with Crippen molar-refractivity contribution in [2.45, 2.75) is 0 Å². The van der Waals surface area contributed by atoms with Crippen LogP contribution in [0.15, 0.2) is 50.0 Å². The number of hydrogen-bond donors (Lipinski definition) is 3. The number of carbonyl (C=O) groups excluding carboxylic acids is 1. The van der Waals surface area contributed by atoms with E-state index in [0.717, 1.165) is 0 Å². The first-order valence-corrected chi connectivity index (χ1v) is 8.42. The topological polar surface area (TPSA) is 91.6 Å². The summed E-state index contributed by atoms with van der Waals surface area (Å²) in [5, 5.41) is 14.4. The Kier molecular flexibility index (Phi) is 6.29. The van der Waals surface area contributed by atoms with Crippen LogP contribution in [0.25, 0.3) is 6.08 Å². The van der Waals surface area contributed by atoms with Gasteiger partial charge >= 0.3 is 5.97 Å². The predicted octanol–water partition coefficient (Wildman–Crippen LogP) is 4.03. The van der Waals surface area contributed by atoms with E-state index in [1.165, 1.54) is 24.5 Å². The van der Waals surface area contributed by atoms with Gasteiger partial charge < -0.3 is 14.8 Å². The van der Waals surface area contributed by atoms with Gasteiger partial charge in [0, 0.05) is 15.0 Å². The first-order valence-electron chi connectivity index (χ1n) is 6.42. The summed E-state index contributed by atoms with van der Waals surface area (Å²) in [6.07, 6.45) is 4.22. The number of rotatable bonds is 4. The number of carboxylic acids is 1. The number of halogens is 2. The second-order valence-electron chi connectivity index (χ2n) is 4.41. The summed E-state index contributed by atoms with van der Waals surface area (Å²) in [6, 6.07) is 6.48. The second-order valence-corrected chi connectivity index (χ2v) is 6.59. The van der Waals surface area contributed by atoms with Crippen molar-refractivity contribution in [1.29, 1.82) is 0 Å². The van der Waals surface area contributed by atoms with Crippen molar-refractivity contribution >= 4 is 72.8 Å². The molecule has 9 heteroatoms. The van der Waals surface area contributed by atoms with Crippen molar-refractivity contribution in [3.05, 3.63) is 56.9 Å². The molecule has 0 aliphatic carbocycles. The van der Waals surface area contributed by atoms with Crippen LogP contribution in [0, 0.1) is 0 Å². The van der Waals surface area contributed by atoms with Gasteiger partial charge in [0.05, 0.1) is 17.5 Å². The Morgan fingerprint density at radius 2 is 2.04 bits per heavy atom. The van der Waals surface area contributed by atoms with E-state index < -0.39 is 11.9 Å². The Morgan fingerprint density at radius 3 is 2.67 bits per heavy atom. The Balaban J connectivity index is 2.07. The molecule has 0 spiro atoms. The van der Waals surface area contributed by atoms with Gasteiger partial charge in [-0.25, -0.2) is 4.79 Å². The molecule has 0 aliphatic rings. The fourth-order valence-corrected chi connectivity index (χ4v) is 3.24. The van der Waals surface area contributed by atoms with E-state index >= 15 is 0 Å². The largest absolute Gasteiger partial charge is 0.478 e. The lowest BCUT2D eigenvalue weighted by molar-refractivity contribution is -0.115. The normalized spacial score (nSPS) is 10.6. The van der Waals surface area contributed by atoms with Crippen LogP contribution in [-0.2, 0) is 4.79 Å². The third-order valence-electron chi connectivity index (χ3n) is 2.70. The molecule has 0 bridgehead atoms. The van der Waals surface area contributed by atoms with E-state index in [9.17, 15) is 14.7 Å². The molecule has 0 fully saturated rings. The summed E-state index contributed by atoms with van der Waals surface area (Å²) < 4.78 is 6.14. The molecule has 0 saturated carbocycles. The Labute approximate surface area is 159 Å². The van der Waals surface area contributed by atoms with Crippen molar-refractivity contribution in [3.8, 4) is 0 Å². The monoisotopic (exact) mass is 472 g/mol. The van der Waals surface area contributed by atoms with Crippen molar-refractivity contribution < 1.29 is 19.1 Å². The summed E-state index contributed by atoms with van der Waals surface area (Å²) in [7, 11) is 0. The molecule has 24 heavy (non-hydrogen) atoms. The summed E-state index contributed by atoms with van der Waals surface area (Å²) >= 11 is 11.5. The van der Waals surface area contributed by atoms with E-state index in [-0.39, 0.29) is 16.4 Å². The number of benzene rings is 1. The molecule has 3 N–H and O–H groups in total. The number of thiocarbonyl (C=S) groups is 1. The highest BCUT2D eigenvalue weighted by Crippen LogP contribution is 2.30. The van der Waals surface area contributed by atoms with Gasteiger partial charge in [-0.2, -0.15) is 0 Å². The van der Waals surface area contributed by atoms with Gasteiger partial charge in [-0.1, -0.05) is 15.9 Å². The van der Waals surface area contributed by atoms with Crippen LogP contribution in [0.2, 0.25) is 0 Å². The lowest BCUT2D eigenvalue weighted by Crippen LogP contribution is -2.33. The second kappa shape index (κ2) is 8.22. The maximum Gasteiger partial charge on any atom is 0.337 e. The first-order chi connectivity index (χ1) is 11.4. The molecule has 6 nitrogen and oxygen atoms in total. The zero-order valence-corrected chi connectivity index (χ0v) is 15.9. The van der Waals surface area contributed by atoms with Gasteiger partial charge in [-0.3, -0.25) is 10.1 Å². The van der Waals surface area contributed by atoms with E-state index in [1.807, 2.05) is 0 Å². The molecular formula is C15H10Br2N2O4S. The fraction of sp³-hybridized carbons (Fsp3) is 0. The molecule has 0 radical (unpaired) electrons. The van der Waals surface area contributed by atoms with Crippen molar-refractivity contribution in [2.75, 3.05) is 5.32 Å². The van der Waals surface area contributed by atoms with Crippen LogP contribution in [0.3, 0.4) is 0 Å². The minimum atomic E-state index is -1.13. The van der Waals surface area contributed by atoms with Crippen molar-refractivity contribution in [2.24, 2.45) is 0 Å². The Morgan fingerprint density at radius 1 is 1.29 bits per heavy atom. The van der Waals surface area contributed by atoms with Gasteiger partial charge in [0.15, 0.2) is 5.11 Å². The summed E-state index contributed by atoms with van der Waals surface area (Å²) in [4.78, 5) is 23.1. The molecule has 0 aliphatic heterocycles. The van der Waals surface area contributed by atoms with Crippen molar-refractivity contribution in [1.82, 2.24) is 5.32 Å². The number of carbonyl (C=O) groups is 2. The lowest BCUT2D eigenvalue weighted by Gasteiger charge is -2.13. The molecule has 1 aromatic heterocycles. The maximum absolute atomic E-state index is 11.8. The average molecular weight is 474 g/mol. The molecule has 0 unspecified atom stereocenters. The Bertz CT molecular complexity index is 819. The zero-order chi connectivity index (χ0) is 17.7. The van der Waals surface area contributed by atoms with Crippen LogP contribution >= 0.6 is 44.1 Å². The van der Waals surface area contributed by atoms with E-state index in [0.29, 0.717) is 14.7 Å². The summed E-state index contributed by atoms with van der Waals surface area (Å²) in [6.45, 7) is 0. The maximum atomic E-state index is 11.8. The number of nitrogens with one attached hydrogen (secondary N) is 2. The van der Waals surface area contributed by atoms with Crippen LogP contribution < -0.4 is 10.6 Å². The SMILES string of the molecule is O=C(/C=C/c1ccco1)NC(=S)Nc1c(Br)cc(Br)cc1C(=O)O. The van der Waals surface area contributed by atoms with E-state index in [4.69, 9.17) is 16.6 Å². The first kappa shape index (κ1) is 18.4. The fourth-order valence-electron chi connectivity index (χ4n) is 1.71. The lowest BCUT2D eigenvalue weighted by atomic mass is 10.2. The third-order valence-corrected chi connectivity index (χ3v) is 3.99. The number of furan rings is 1. The van der Waals surface area contributed by atoms with Crippen molar-refractivity contribution in [3.63, 3.8) is 0 Å². The third kappa shape index (κ3) is 5.02. The molecule has 1 heterocycles. The van der Waals surface area contributed by atoms with Crippen LogP contribution in [0.5, 0.6) is 0 Å². The highest BCUT2D eigenvalue weighted by Gasteiger charge is 2.16. The highest BCUT2D eigenvalue weighted by atomic mass is 79.9. The van der Waals surface area contributed by atoms with Gasteiger partial charge in [-0.05, 0) is 58.5 Å². The number of hydrogen-bond acceptors (Lipinski definition) is 4. The molecular weight excluding hydrogens is 464 g/mol. The van der Waals surface area contributed by atoms with Gasteiger partial charge in [0.25, 0.3) is 0 Å². The molecule has 2 aromatic rings. The summed E-state index contributed by atoms with van der Waals surface area (Å²) in [5.74, 6) is -1.09. The Hall–Kier alpha value is -1.97. The zero-order valence-electron chi connectivity index (χ0n) is 11.9. The molecule has 0 saturated heterocycles. The highest BCUT2D eigenvalue weighted by molar-refractivity contribution is 9.11. The van der Waals surface area contributed by atoms with Gasteiger partial charge in [-0.15, -0.1) is 0 Å². The molecule has 2 rings (SSSR count). The van der Waals surface area contributed by atoms with Crippen LogP contribution in [-0.4, -0.2) is 22.1 Å². The van der Waals surface area contributed by atoms with Gasteiger partial charge in [0.1, 0.15) is 5.76 Å². The van der Waals surface area contributed by atoms with Gasteiger partial charge in [0.2, 0.25) is 5.91 Å². The number of amides is 1. The molecule has 1 aromatic carbocycles. The number of anilines is 1. The standard InChI is InChI=1S/C15H10Br2N2O4S/c16-8-6-10(14(21)22)13(11(17)7-8)19-15(24)18-12(20)4-3-9-2-1-5-23-9/h1-7H,(H,21,22)(H2,18,19,20,24)/b4-3+. The number of aromatic carboxylic acids is 1. The molecule has 124 valence electrons. The number of carboxylic acid groups (broad SMARTS) is 1. The average Bonchev–Trinajstić information content (AvgIpc) is 3.00. The minimum Gasteiger partial charge on any atom is -0.478 e. The smallest absolute Gasteiger partial charge is 0.337 e. The molecule has 1 amide bonds. The van der Waals surface area contributed by atoms with E-state index in [2.05, 4.69) is 42.5 Å². The quantitative estimate of drug-likeness (QED) is 0.458.